The predicted octanol–water partition coefficient (Wildman–Crippen LogP) is 3.04. The number of hydrogen-bond donors (Lipinski definition) is 0. The Morgan fingerprint density at radius 3 is 2.33 bits per heavy atom. The van der Waals surface area contributed by atoms with E-state index in [-0.39, 0.29) is 5.91 Å². The summed E-state index contributed by atoms with van der Waals surface area (Å²) in [7, 11) is 8.89. The molecule has 0 bridgehead atoms. The molecule has 0 spiro atoms. The van der Waals surface area contributed by atoms with Gasteiger partial charge in [-0.3, -0.25) is 4.79 Å². The summed E-state index contributed by atoms with van der Waals surface area (Å²) < 4.78 is 10.7. The highest BCUT2D eigenvalue weighted by Gasteiger charge is 2.16. The Balaban J connectivity index is 2.22. The molecule has 2 rings (SSSR count). The number of ether oxygens (including phenoxy) is 2. The van der Waals surface area contributed by atoms with Crippen molar-refractivity contribution in [3.8, 4) is 11.5 Å². The molecule has 0 aliphatic rings. The van der Waals surface area contributed by atoms with E-state index >= 15 is 0 Å². The molecule has 0 radical (unpaired) electrons. The fraction of sp³-hybridized carbons (Fsp3) is 0.316. The molecule has 0 fully saturated rings. The summed E-state index contributed by atoms with van der Waals surface area (Å²) in [5.74, 6) is 1.27. The quantitative estimate of drug-likeness (QED) is 0.817. The summed E-state index contributed by atoms with van der Waals surface area (Å²) in [6, 6.07) is 13.2. The molecule has 128 valence electrons. The van der Waals surface area contributed by atoms with E-state index in [4.69, 9.17) is 9.47 Å². The fourth-order valence-corrected chi connectivity index (χ4v) is 2.54. The third-order valence-electron chi connectivity index (χ3n) is 3.85. The molecule has 0 aromatic heterocycles. The van der Waals surface area contributed by atoms with Gasteiger partial charge in [0, 0.05) is 44.5 Å². The average Bonchev–Trinajstić information content (AvgIpc) is 2.60. The second kappa shape index (κ2) is 7.73. The summed E-state index contributed by atoms with van der Waals surface area (Å²) in [5.41, 5.74) is 2.55. The van der Waals surface area contributed by atoms with Gasteiger partial charge in [-0.1, -0.05) is 18.2 Å². The van der Waals surface area contributed by atoms with E-state index in [9.17, 15) is 4.79 Å². The van der Waals surface area contributed by atoms with E-state index in [0.717, 1.165) is 11.3 Å². The molecule has 5 heteroatoms. The van der Waals surface area contributed by atoms with E-state index in [1.807, 2.05) is 61.5 Å². The minimum absolute atomic E-state index is 0.0384. The number of nitrogens with zero attached hydrogens (tertiary/aromatic N) is 2. The first-order valence-corrected chi connectivity index (χ1v) is 7.70. The molecule has 0 N–H and O–H groups in total. The SMILES string of the molecule is COc1cccc(CN(C)C(=O)c2cccc(N(C)C)c2)c1OC. The van der Waals surface area contributed by atoms with Crippen molar-refractivity contribution in [3.63, 3.8) is 0 Å². The van der Waals surface area contributed by atoms with Crippen LogP contribution in [0.15, 0.2) is 42.5 Å². The van der Waals surface area contributed by atoms with Gasteiger partial charge in [-0.2, -0.15) is 0 Å². The summed E-state index contributed by atoms with van der Waals surface area (Å²) in [4.78, 5) is 16.4. The molecule has 0 aliphatic carbocycles. The number of rotatable bonds is 6. The topological polar surface area (TPSA) is 42.0 Å². The number of anilines is 1. The smallest absolute Gasteiger partial charge is 0.253 e. The minimum atomic E-state index is -0.0384. The number of carbonyl (C=O) groups excluding carboxylic acids is 1. The van der Waals surface area contributed by atoms with Crippen LogP contribution in [0.5, 0.6) is 11.5 Å². The molecule has 0 saturated carbocycles. The zero-order chi connectivity index (χ0) is 17.7. The van der Waals surface area contributed by atoms with Crippen LogP contribution in [0.3, 0.4) is 0 Å². The molecular formula is C19H24N2O3. The molecule has 5 nitrogen and oxygen atoms in total. The third-order valence-corrected chi connectivity index (χ3v) is 3.85. The second-order valence-electron chi connectivity index (χ2n) is 5.76. The number of para-hydroxylation sites is 1. The number of methoxy groups -OCH3 is 2. The Morgan fingerprint density at radius 1 is 1.00 bits per heavy atom. The van der Waals surface area contributed by atoms with Gasteiger partial charge in [-0.15, -0.1) is 0 Å². The van der Waals surface area contributed by atoms with Crippen LogP contribution in [0.4, 0.5) is 5.69 Å². The Labute approximate surface area is 143 Å². The van der Waals surface area contributed by atoms with Gasteiger partial charge < -0.3 is 19.3 Å². The molecule has 2 aromatic carbocycles. The van der Waals surface area contributed by atoms with Gasteiger partial charge in [0.2, 0.25) is 0 Å². The molecule has 0 heterocycles. The van der Waals surface area contributed by atoms with Crippen molar-refractivity contribution in [1.82, 2.24) is 4.90 Å². The van der Waals surface area contributed by atoms with Crippen molar-refractivity contribution in [3.05, 3.63) is 53.6 Å². The van der Waals surface area contributed by atoms with E-state index in [1.165, 1.54) is 0 Å². The molecule has 2 aromatic rings. The van der Waals surface area contributed by atoms with Gasteiger partial charge in [-0.05, 0) is 24.3 Å². The van der Waals surface area contributed by atoms with Gasteiger partial charge in [0.1, 0.15) is 0 Å². The molecule has 0 saturated heterocycles. The highest BCUT2D eigenvalue weighted by atomic mass is 16.5. The lowest BCUT2D eigenvalue weighted by atomic mass is 10.1. The van der Waals surface area contributed by atoms with Crippen molar-refractivity contribution in [1.29, 1.82) is 0 Å². The van der Waals surface area contributed by atoms with Gasteiger partial charge in [-0.25, -0.2) is 0 Å². The van der Waals surface area contributed by atoms with Crippen LogP contribution in [-0.4, -0.2) is 46.2 Å². The minimum Gasteiger partial charge on any atom is -0.493 e. The molecule has 0 unspecified atom stereocenters. The van der Waals surface area contributed by atoms with Crippen LogP contribution in [0.1, 0.15) is 15.9 Å². The zero-order valence-corrected chi connectivity index (χ0v) is 14.9. The average molecular weight is 328 g/mol. The Hall–Kier alpha value is -2.69. The van der Waals surface area contributed by atoms with Gasteiger partial charge in [0.15, 0.2) is 11.5 Å². The number of benzene rings is 2. The maximum atomic E-state index is 12.7. The van der Waals surface area contributed by atoms with Gasteiger partial charge in [0.25, 0.3) is 5.91 Å². The van der Waals surface area contributed by atoms with E-state index in [0.29, 0.717) is 23.6 Å². The monoisotopic (exact) mass is 328 g/mol. The summed E-state index contributed by atoms with van der Waals surface area (Å²) in [6.45, 7) is 0.436. The Morgan fingerprint density at radius 2 is 1.71 bits per heavy atom. The molecule has 24 heavy (non-hydrogen) atoms. The number of amides is 1. The van der Waals surface area contributed by atoms with E-state index in [1.54, 1.807) is 26.2 Å². The lowest BCUT2D eigenvalue weighted by molar-refractivity contribution is 0.0784. The molecule has 0 aliphatic heterocycles. The van der Waals surface area contributed by atoms with Crippen LogP contribution < -0.4 is 14.4 Å². The second-order valence-corrected chi connectivity index (χ2v) is 5.76. The van der Waals surface area contributed by atoms with E-state index < -0.39 is 0 Å². The van der Waals surface area contributed by atoms with Gasteiger partial charge >= 0.3 is 0 Å². The third kappa shape index (κ3) is 3.79. The van der Waals surface area contributed by atoms with Crippen molar-refractivity contribution < 1.29 is 14.3 Å². The lowest BCUT2D eigenvalue weighted by Crippen LogP contribution is -2.26. The maximum absolute atomic E-state index is 12.7. The van der Waals surface area contributed by atoms with Crippen LogP contribution in [0, 0.1) is 0 Å². The largest absolute Gasteiger partial charge is 0.493 e. The standard InChI is InChI=1S/C19H24N2O3/c1-20(2)16-10-6-8-14(12-16)19(22)21(3)13-15-9-7-11-17(23-4)18(15)24-5/h6-12H,13H2,1-5H3. The van der Waals surface area contributed by atoms with Crippen LogP contribution >= 0.6 is 0 Å². The van der Waals surface area contributed by atoms with Crippen LogP contribution in [-0.2, 0) is 6.54 Å². The number of carbonyl (C=O) groups is 1. The first kappa shape index (κ1) is 17.7. The summed E-state index contributed by atoms with van der Waals surface area (Å²) in [6.07, 6.45) is 0. The Kier molecular flexibility index (Phi) is 5.68. The molecular weight excluding hydrogens is 304 g/mol. The van der Waals surface area contributed by atoms with E-state index in [2.05, 4.69) is 0 Å². The Bertz CT molecular complexity index is 714. The van der Waals surface area contributed by atoms with Crippen LogP contribution in [0.2, 0.25) is 0 Å². The van der Waals surface area contributed by atoms with Gasteiger partial charge in [0.05, 0.1) is 14.2 Å². The highest BCUT2D eigenvalue weighted by molar-refractivity contribution is 5.95. The van der Waals surface area contributed by atoms with Crippen molar-refractivity contribution >= 4 is 11.6 Å². The zero-order valence-electron chi connectivity index (χ0n) is 14.9. The fourth-order valence-electron chi connectivity index (χ4n) is 2.54. The number of hydrogen-bond acceptors (Lipinski definition) is 4. The summed E-state index contributed by atoms with van der Waals surface area (Å²) >= 11 is 0. The van der Waals surface area contributed by atoms with Crippen molar-refractivity contribution in [2.24, 2.45) is 0 Å². The summed E-state index contributed by atoms with van der Waals surface area (Å²) in [5, 5.41) is 0. The predicted molar refractivity (Wildman–Crippen MR) is 96.1 cm³/mol. The molecule has 0 atom stereocenters. The van der Waals surface area contributed by atoms with Crippen molar-refractivity contribution in [2.45, 2.75) is 6.54 Å². The lowest BCUT2D eigenvalue weighted by Gasteiger charge is -2.21. The molecule has 1 amide bonds. The first-order valence-electron chi connectivity index (χ1n) is 7.70. The van der Waals surface area contributed by atoms with Crippen LogP contribution in [0.25, 0.3) is 0 Å². The highest BCUT2D eigenvalue weighted by Crippen LogP contribution is 2.31. The maximum Gasteiger partial charge on any atom is 0.253 e. The normalized spacial score (nSPS) is 10.2. The van der Waals surface area contributed by atoms with Crippen molar-refractivity contribution in [2.75, 3.05) is 40.3 Å². The first-order chi connectivity index (χ1) is 11.5.